The van der Waals surface area contributed by atoms with Gasteiger partial charge in [-0.1, -0.05) is 0 Å². The second kappa shape index (κ2) is 5.70. The Morgan fingerprint density at radius 3 is 2.38 bits per heavy atom. The summed E-state index contributed by atoms with van der Waals surface area (Å²) in [5, 5.41) is 11.1. The molecule has 0 atom stereocenters. The van der Waals surface area contributed by atoms with Crippen LogP contribution < -0.4 is 5.32 Å². The molecule has 2 aromatic carbocycles. The van der Waals surface area contributed by atoms with Crippen LogP contribution in [0.1, 0.15) is 5.56 Å². The predicted molar refractivity (Wildman–Crippen MR) is 75.0 cm³/mol. The third-order valence-corrected chi connectivity index (χ3v) is 3.01. The highest BCUT2D eigenvalue weighted by Crippen LogP contribution is 2.15. The maximum Gasteiger partial charge on any atom is 0.128 e. The zero-order valence-corrected chi connectivity index (χ0v) is 11.0. The molecule has 0 saturated carbocycles. The summed E-state index contributed by atoms with van der Waals surface area (Å²) in [6.07, 6.45) is 3.19. The van der Waals surface area contributed by atoms with Gasteiger partial charge in [-0.25, -0.2) is 8.78 Å². The SMILES string of the molecule is Fc1ccc(F)c(CNc2ccc(-n3nccn3)cc2)c1. The Hall–Kier alpha value is -2.76. The average molecular weight is 286 g/mol. The minimum atomic E-state index is -0.451. The molecule has 0 fully saturated rings. The van der Waals surface area contributed by atoms with Gasteiger partial charge in [0.1, 0.15) is 11.6 Å². The van der Waals surface area contributed by atoms with E-state index >= 15 is 0 Å². The van der Waals surface area contributed by atoms with Gasteiger partial charge in [-0.05, 0) is 42.5 Å². The monoisotopic (exact) mass is 286 g/mol. The fraction of sp³-hybridized carbons (Fsp3) is 0.0667. The molecule has 0 spiro atoms. The van der Waals surface area contributed by atoms with Crippen LogP contribution in [0.5, 0.6) is 0 Å². The first-order valence-corrected chi connectivity index (χ1v) is 6.37. The van der Waals surface area contributed by atoms with Crippen molar-refractivity contribution in [3.8, 4) is 5.69 Å². The van der Waals surface area contributed by atoms with Crippen molar-refractivity contribution in [1.82, 2.24) is 15.0 Å². The second-order valence-corrected chi connectivity index (χ2v) is 4.45. The van der Waals surface area contributed by atoms with E-state index in [0.29, 0.717) is 0 Å². The van der Waals surface area contributed by atoms with Gasteiger partial charge in [0.05, 0.1) is 18.1 Å². The maximum absolute atomic E-state index is 13.5. The van der Waals surface area contributed by atoms with E-state index in [1.165, 1.54) is 10.9 Å². The molecular formula is C15H12F2N4. The summed E-state index contributed by atoms with van der Waals surface area (Å²) in [6, 6.07) is 10.7. The molecule has 3 rings (SSSR count). The molecule has 21 heavy (non-hydrogen) atoms. The van der Waals surface area contributed by atoms with Crippen LogP contribution in [-0.2, 0) is 6.54 Å². The summed E-state index contributed by atoms with van der Waals surface area (Å²) in [5.74, 6) is -0.880. The number of nitrogens with one attached hydrogen (secondary N) is 1. The third-order valence-electron chi connectivity index (χ3n) is 3.01. The van der Waals surface area contributed by atoms with Gasteiger partial charge in [-0.3, -0.25) is 0 Å². The molecule has 1 heterocycles. The molecule has 4 nitrogen and oxygen atoms in total. The van der Waals surface area contributed by atoms with Crippen molar-refractivity contribution in [3.63, 3.8) is 0 Å². The Morgan fingerprint density at radius 2 is 1.67 bits per heavy atom. The lowest BCUT2D eigenvalue weighted by Gasteiger charge is -2.08. The number of nitrogens with zero attached hydrogens (tertiary/aromatic N) is 3. The van der Waals surface area contributed by atoms with E-state index in [1.54, 1.807) is 12.4 Å². The molecular weight excluding hydrogens is 274 g/mol. The minimum absolute atomic E-state index is 0.211. The Morgan fingerprint density at radius 1 is 0.952 bits per heavy atom. The molecule has 6 heteroatoms. The minimum Gasteiger partial charge on any atom is -0.381 e. The van der Waals surface area contributed by atoms with Crippen molar-refractivity contribution in [2.24, 2.45) is 0 Å². The molecule has 0 radical (unpaired) electrons. The van der Waals surface area contributed by atoms with E-state index in [0.717, 1.165) is 23.5 Å². The first-order chi connectivity index (χ1) is 10.2. The van der Waals surface area contributed by atoms with Crippen LogP contribution in [0, 0.1) is 11.6 Å². The molecule has 0 aliphatic rings. The first kappa shape index (κ1) is 13.2. The highest BCUT2D eigenvalue weighted by atomic mass is 19.1. The second-order valence-electron chi connectivity index (χ2n) is 4.45. The maximum atomic E-state index is 13.5. The lowest BCUT2D eigenvalue weighted by atomic mass is 10.2. The average Bonchev–Trinajstić information content (AvgIpc) is 3.03. The molecule has 0 aliphatic carbocycles. The number of hydrogen-bond donors (Lipinski definition) is 1. The summed E-state index contributed by atoms with van der Waals surface area (Å²) in [5.41, 5.74) is 1.91. The van der Waals surface area contributed by atoms with Crippen molar-refractivity contribution in [1.29, 1.82) is 0 Å². The Balaban J connectivity index is 1.70. The molecule has 0 bridgehead atoms. The number of benzene rings is 2. The van der Waals surface area contributed by atoms with E-state index in [2.05, 4.69) is 15.5 Å². The van der Waals surface area contributed by atoms with Crippen molar-refractivity contribution in [3.05, 3.63) is 72.1 Å². The van der Waals surface area contributed by atoms with Gasteiger partial charge in [0.2, 0.25) is 0 Å². The van der Waals surface area contributed by atoms with Gasteiger partial charge >= 0.3 is 0 Å². The Labute approximate surface area is 120 Å². The quantitative estimate of drug-likeness (QED) is 0.801. The Kier molecular flexibility index (Phi) is 3.59. The number of anilines is 1. The standard InChI is InChI=1S/C15H12F2N4/c16-12-1-6-15(17)11(9-12)10-18-13-2-4-14(5-3-13)21-19-7-8-20-21/h1-9,18H,10H2. The summed E-state index contributed by atoms with van der Waals surface area (Å²) >= 11 is 0. The third kappa shape index (κ3) is 3.05. The molecule has 0 amide bonds. The number of rotatable bonds is 4. The lowest BCUT2D eigenvalue weighted by Crippen LogP contribution is -2.03. The molecule has 106 valence electrons. The van der Waals surface area contributed by atoms with Crippen LogP contribution in [-0.4, -0.2) is 15.0 Å². The topological polar surface area (TPSA) is 42.7 Å². The van der Waals surface area contributed by atoms with E-state index in [4.69, 9.17) is 0 Å². The largest absolute Gasteiger partial charge is 0.381 e. The van der Waals surface area contributed by atoms with Crippen molar-refractivity contribution in [2.75, 3.05) is 5.32 Å². The summed E-state index contributed by atoms with van der Waals surface area (Å²) < 4.78 is 26.6. The van der Waals surface area contributed by atoms with Gasteiger partial charge in [0.25, 0.3) is 0 Å². The molecule has 0 aliphatic heterocycles. The van der Waals surface area contributed by atoms with Crippen LogP contribution in [0.25, 0.3) is 5.69 Å². The fourth-order valence-electron chi connectivity index (χ4n) is 1.94. The molecule has 0 saturated heterocycles. The predicted octanol–water partition coefficient (Wildman–Crippen LogP) is 3.16. The van der Waals surface area contributed by atoms with Crippen LogP contribution in [0.3, 0.4) is 0 Å². The summed E-state index contributed by atoms with van der Waals surface area (Å²) in [4.78, 5) is 1.50. The molecule has 0 unspecified atom stereocenters. The van der Waals surface area contributed by atoms with E-state index in [9.17, 15) is 8.78 Å². The molecule has 3 aromatic rings. The van der Waals surface area contributed by atoms with Gasteiger partial charge in [0.15, 0.2) is 0 Å². The Bertz CT molecular complexity index is 724. The van der Waals surface area contributed by atoms with E-state index in [1.807, 2.05) is 24.3 Å². The van der Waals surface area contributed by atoms with Crippen LogP contribution in [0.4, 0.5) is 14.5 Å². The highest BCUT2D eigenvalue weighted by Gasteiger charge is 2.04. The van der Waals surface area contributed by atoms with Crippen molar-refractivity contribution >= 4 is 5.69 Å². The van der Waals surface area contributed by atoms with Crippen molar-refractivity contribution in [2.45, 2.75) is 6.54 Å². The first-order valence-electron chi connectivity index (χ1n) is 6.37. The summed E-state index contributed by atoms with van der Waals surface area (Å²) in [7, 11) is 0. The zero-order chi connectivity index (χ0) is 14.7. The smallest absolute Gasteiger partial charge is 0.128 e. The van der Waals surface area contributed by atoms with Gasteiger partial charge in [0, 0.05) is 17.8 Å². The summed E-state index contributed by atoms with van der Waals surface area (Å²) in [6.45, 7) is 0.211. The van der Waals surface area contributed by atoms with E-state index in [-0.39, 0.29) is 12.1 Å². The molecule has 1 N–H and O–H groups in total. The van der Waals surface area contributed by atoms with Crippen molar-refractivity contribution < 1.29 is 8.78 Å². The van der Waals surface area contributed by atoms with Crippen LogP contribution in [0.2, 0.25) is 0 Å². The van der Waals surface area contributed by atoms with E-state index < -0.39 is 11.6 Å². The number of aromatic nitrogens is 3. The molecule has 1 aromatic heterocycles. The van der Waals surface area contributed by atoms with Gasteiger partial charge in [-0.2, -0.15) is 15.0 Å². The lowest BCUT2D eigenvalue weighted by molar-refractivity contribution is 0.587. The van der Waals surface area contributed by atoms with Crippen LogP contribution >= 0.6 is 0 Å². The van der Waals surface area contributed by atoms with Gasteiger partial charge in [-0.15, -0.1) is 0 Å². The number of hydrogen-bond acceptors (Lipinski definition) is 3. The number of halogens is 2. The normalized spacial score (nSPS) is 10.6. The zero-order valence-electron chi connectivity index (χ0n) is 11.0. The van der Waals surface area contributed by atoms with Crippen LogP contribution in [0.15, 0.2) is 54.9 Å². The van der Waals surface area contributed by atoms with Gasteiger partial charge < -0.3 is 5.32 Å². The fourth-order valence-corrected chi connectivity index (χ4v) is 1.94. The highest BCUT2D eigenvalue weighted by molar-refractivity contribution is 5.48.